The van der Waals surface area contributed by atoms with E-state index < -0.39 is 0 Å². The number of nitrogens with two attached hydrogens (primary N) is 1. The molecular weight excluding hydrogens is 222 g/mol. The lowest BCUT2D eigenvalue weighted by molar-refractivity contribution is 0.103. The van der Waals surface area contributed by atoms with Gasteiger partial charge in [0.05, 0.1) is 16.8 Å². The normalized spacial score (nSPS) is 10.1. The molecule has 2 rings (SSSR count). The lowest BCUT2D eigenvalue weighted by Gasteiger charge is -2.02. The standard InChI is InChI=1S/C11H11N3OS/c1-7-2-4-9(16-7)11(15)14-10-5-3-8(12)6-13-10/h2-6H,12H2,1H3,(H,13,14,15). The topological polar surface area (TPSA) is 68.0 Å². The lowest BCUT2D eigenvalue weighted by Crippen LogP contribution is -2.11. The molecule has 0 fully saturated rings. The lowest BCUT2D eigenvalue weighted by atomic mass is 10.4. The van der Waals surface area contributed by atoms with Gasteiger partial charge in [-0.1, -0.05) is 0 Å². The molecule has 0 spiro atoms. The Hall–Kier alpha value is -1.88. The van der Waals surface area contributed by atoms with Crippen molar-refractivity contribution in [3.05, 3.63) is 40.2 Å². The van der Waals surface area contributed by atoms with Crippen LogP contribution in [0.4, 0.5) is 11.5 Å². The van der Waals surface area contributed by atoms with Gasteiger partial charge in [-0.05, 0) is 31.2 Å². The predicted molar refractivity (Wildman–Crippen MR) is 65.7 cm³/mol. The van der Waals surface area contributed by atoms with Gasteiger partial charge < -0.3 is 11.1 Å². The number of aryl methyl sites for hydroxylation is 1. The van der Waals surface area contributed by atoms with E-state index in [0.717, 1.165) is 4.88 Å². The van der Waals surface area contributed by atoms with Crippen LogP contribution in [0.3, 0.4) is 0 Å². The van der Waals surface area contributed by atoms with Crippen molar-refractivity contribution in [3.8, 4) is 0 Å². The number of carbonyl (C=O) groups is 1. The molecule has 3 N–H and O–H groups in total. The number of hydrogen-bond donors (Lipinski definition) is 2. The van der Waals surface area contributed by atoms with E-state index in [1.165, 1.54) is 17.5 Å². The van der Waals surface area contributed by atoms with E-state index in [0.29, 0.717) is 16.4 Å². The number of nitrogens with one attached hydrogen (secondary N) is 1. The number of aromatic nitrogens is 1. The number of rotatable bonds is 2. The molecule has 0 saturated heterocycles. The highest BCUT2D eigenvalue weighted by molar-refractivity contribution is 7.14. The van der Waals surface area contributed by atoms with Crippen molar-refractivity contribution in [2.24, 2.45) is 0 Å². The van der Waals surface area contributed by atoms with Crippen molar-refractivity contribution in [2.45, 2.75) is 6.92 Å². The highest BCUT2D eigenvalue weighted by Gasteiger charge is 2.08. The van der Waals surface area contributed by atoms with Gasteiger partial charge in [-0.25, -0.2) is 4.98 Å². The van der Waals surface area contributed by atoms with Crippen LogP contribution in [-0.2, 0) is 0 Å². The Labute approximate surface area is 97.1 Å². The molecule has 2 aromatic rings. The smallest absolute Gasteiger partial charge is 0.266 e. The van der Waals surface area contributed by atoms with Crippen molar-refractivity contribution in [1.29, 1.82) is 0 Å². The molecule has 0 bridgehead atoms. The molecule has 5 heteroatoms. The van der Waals surface area contributed by atoms with Gasteiger partial charge in [-0.2, -0.15) is 0 Å². The molecule has 0 aliphatic rings. The quantitative estimate of drug-likeness (QED) is 0.836. The van der Waals surface area contributed by atoms with Gasteiger partial charge in [-0.3, -0.25) is 4.79 Å². The van der Waals surface area contributed by atoms with E-state index in [9.17, 15) is 4.79 Å². The second-order valence-corrected chi connectivity index (χ2v) is 4.63. The van der Waals surface area contributed by atoms with Gasteiger partial charge >= 0.3 is 0 Å². The van der Waals surface area contributed by atoms with Gasteiger partial charge in [0, 0.05) is 4.88 Å². The first-order valence-corrected chi connectivity index (χ1v) is 5.56. The summed E-state index contributed by atoms with van der Waals surface area (Å²) in [5.74, 6) is 0.362. The summed E-state index contributed by atoms with van der Waals surface area (Å²) >= 11 is 1.45. The summed E-state index contributed by atoms with van der Waals surface area (Å²) in [4.78, 5) is 17.5. The Balaban J connectivity index is 2.10. The number of pyridine rings is 1. The maximum Gasteiger partial charge on any atom is 0.266 e. The van der Waals surface area contributed by atoms with Crippen molar-refractivity contribution >= 4 is 28.7 Å². The molecule has 0 aliphatic heterocycles. The molecule has 2 heterocycles. The summed E-state index contributed by atoms with van der Waals surface area (Å²) < 4.78 is 0. The molecule has 0 saturated carbocycles. The number of nitrogen functional groups attached to an aromatic ring is 1. The van der Waals surface area contributed by atoms with Crippen molar-refractivity contribution in [3.63, 3.8) is 0 Å². The summed E-state index contributed by atoms with van der Waals surface area (Å²) in [6.07, 6.45) is 1.51. The van der Waals surface area contributed by atoms with E-state index in [1.54, 1.807) is 18.2 Å². The van der Waals surface area contributed by atoms with Gasteiger partial charge in [0.2, 0.25) is 0 Å². The number of anilines is 2. The van der Waals surface area contributed by atoms with Gasteiger partial charge in [0.15, 0.2) is 0 Å². The second kappa shape index (κ2) is 4.32. The maximum atomic E-state index is 11.7. The second-order valence-electron chi connectivity index (χ2n) is 3.34. The zero-order valence-electron chi connectivity index (χ0n) is 8.73. The summed E-state index contributed by atoms with van der Waals surface area (Å²) in [7, 11) is 0. The first-order chi connectivity index (χ1) is 7.65. The number of thiophene rings is 1. The van der Waals surface area contributed by atoms with E-state index in [4.69, 9.17) is 5.73 Å². The minimum absolute atomic E-state index is 0.143. The zero-order chi connectivity index (χ0) is 11.5. The Bertz CT molecular complexity index is 504. The first kappa shape index (κ1) is 10.6. The Morgan fingerprint density at radius 1 is 1.38 bits per heavy atom. The van der Waals surface area contributed by atoms with Crippen LogP contribution in [0, 0.1) is 6.92 Å². The van der Waals surface area contributed by atoms with Gasteiger partial charge in [0.1, 0.15) is 5.82 Å². The van der Waals surface area contributed by atoms with E-state index >= 15 is 0 Å². The fourth-order valence-corrected chi connectivity index (χ4v) is 1.98. The molecule has 4 nitrogen and oxygen atoms in total. The third kappa shape index (κ3) is 2.38. The summed E-state index contributed by atoms with van der Waals surface area (Å²) in [6, 6.07) is 7.08. The molecule has 82 valence electrons. The molecule has 0 radical (unpaired) electrons. The Morgan fingerprint density at radius 3 is 2.75 bits per heavy atom. The van der Waals surface area contributed by atoms with Crippen LogP contribution >= 0.6 is 11.3 Å². The summed E-state index contributed by atoms with van der Waals surface area (Å²) in [5.41, 5.74) is 6.07. The zero-order valence-corrected chi connectivity index (χ0v) is 9.54. The van der Waals surface area contributed by atoms with Crippen LogP contribution in [0.5, 0.6) is 0 Å². The number of hydrogen-bond acceptors (Lipinski definition) is 4. The first-order valence-electron chi connectivity index (χ1n) is 4.74. The maximum absolute atomic E-state index is 11.7. The monoisotopic (exact) mass is 233 g/mol. The highest BCUT2D eigenvalue weighted by atomic mass is 32.1. The van der Waals surface area contributed by atoms with E-state index in [2.05, 4.69) is 10.3 Å². The summed E-state index contributed by atoms with van der Waals surface area (Å²) in [6.45, 7) is 1.96. The van der Waals surface area contributed by atoms with Crippen LogP contribution in [0.2, 0.25) is 0 Å². The van der Waals surface area contributed by atoms with Crippen LogP contribution in [0.25, 0.3) is 0 Å². The van der Waals surface area contributed by atoms with Crippen molar-refractivity contribution in [1.82, 2.24) is 4.98 Å². The van der Waals surface area contributed by atoms with Crippen LogP contribution in [0.15, 0.2) is 30.5 Å². The average molecular weight is 233 g/mol. The van der Waals surface area contributed by atoms with E-state index in [-0.39, 0.29) is 5.91 Å². The minimum Gasteiger partial charge on any atom is -0.397 e. The van der Waals surface area contributed by atoms with Crippen LogP contribution in [-0.4, -0.2) is 10.9 Å². The molecule has 16 heavy (non-hydrogen) atoms. The van der Waals surface area contributed by atoms with Crippen LogP contribution in [0.1, 0.15) is 14.5 Å². The van der Waals surface area contributed by atoms with E-state index in [1.807, 2.05) is 13.0 Å². The van der Waals surface area contributed by atoms with Gasteiger partial charge in [0.25, 0.3) is 5.91 Å². The number of nitrogens with zero attached hydrogens (tertiary/aromatic N) is 1. The molecule has 0 atom stereocenters. The number of amides is 1. The molecule has 2 aromatic heterocycles. The molecule has 0 unspecified atom stereocenters. The molecule has 0 aliphatic carbocycles. The van der Waals surface area contributed by atoms with Gasteiger partial charge in [-0.15, -0.1) is 11.3 Å². The Morgan fingerprint density at radius 2 is 2.19 bits per heavy atom. The highest BCUT2D eigenvalue weighted by Crippen LogP contribution is 2.16. The third-order valence-corrected chi connectivity index (χ3v) is 2.99. The molecular formula is C11H11N3OS. The van der Waals surface area contributed by atoms with Crippen molar-refractivity contribution in [2.75, 3.05) is 11.1 Å². The fourth-order valence-electron chi connectivity index (χ4n) is 1.21. The molecule has 1 amide bonds. The SMILES string of the molecule is Cc1ccc(C(=O)Nc2ccc(N)cn2)s1. The average Bonchev–Trinajstić information content (AvgIpc) is 2.68. The molecule has 0 aromatic carbocycles. The third-order valence-electron chi connectivity index (χ3n) is 1.99. The Kier molecular flexibility index (Phi) is 2.87. The summed E-state index contributed by atoms with van der Waals surface area (Å²) in [5, 5.41) is 2.70. The fraction of sp³-hybridized carbons (Fsp3) is 0.0909. The minimum atomic E-state index is -0.143. The van der Waals surface area contributed by atoms with Crippen molar-refractivity contribution < 1.29 is 4.79 Å². The predicted octanol–water partition coefficient (Wildman–Crippen LogP) is 2.29. The number of carbonyl (C=O) groups excluding carboxylic acids is 1. The van der Waals surface area contributed by atoms with Crippen LogP contribution < -0.4 is 11.1 Å². The largest absolute Gasteiger partial charge is 0.397 e.